The summed E-state index contributed by atoms with van der Waals surface area (Å²) >= 11 is 5.97. The third kappa shape index (κ3) is 4.63. The number of amides is 1. The van der Waals surface area contributed by atoms with Crippen molar-refractivity contribution in [3.8, 4) is 0 Å². The Labute approximate surface area is 152 Å². The molecular weight excluding hydrogens is 340 g/mol. The zero-order valence-corrected chi connectivity index (χ0v) is 15.7. The molecule has 0 saturated heterocycles. The SMILES string of the molecule is CCOC(=O)c1[nH]c(C)c(CCC(=O)Nc2cc(Cl)ccc2C)c1C. The van der Waals surface area contributed by atoms with Crippen LogP contribution >= 0.6 is 11.6 Å². The van der Waals surface area contributed by atoms with Crippen LogP contribution in [0.4, 0.5) is 5.69 Å². The minimum Gasteiger partial charge on any atom is -0.461 e. The summed E-state index contributed by atoms with van der Waals surface area (Å²) < 4.78 is 5.04. The molecule has 25 heavy (non-hydrogen) atoms. The maximum absolute atomic E-state index is 12.3. The Morgan fingerprint density at radius 2 is 1.96 bits per heavy atom. The van der Waals surface area contributed by atoms with Gasteiger partial charge in [-0.05, 0) is 62.9 Å². The fourth-order valence-electron chi connectivity index (χ4n) is 2.75. The van der Waals surface area contributed by atoms with Gasteiger partial charge in [0, 0.05) is 22.8 Å². The number of aryl methyl sites for hydroxylation is 2. The molecule has 1 heterocycles. The third-order valence-electron chi connectivity index (χ3n) is 4.15. The van der Waals surface area contributed by atoms with Crippen molar-refractivity contribution >= 4 is 29.2 Å². The first kappa shape index (κ1) is 19.1. The van der Waals surface area contributed by atoms with E-state index in [9.17, 15) is 9.59 Å². The van der Waals surface area contributed by atoms with Gasteiger partial charge in [0.1, 0.15) is 5.69 Å². The first-order valence-corrected chi connectivity index (χ1v) is 8.62. The molecule has 6 heteroatoms. The van der Waals surface area contributed by atoms with Gasteiger partial charge in [0.05, 0.1) is 6.61 Å². The van der Waals surface area contributed by atoms with Crippen LogP contribution in [0.5, 0.6) is 0 Å². The van der Waals surface area contributed by atoms with Crippen LogP contribution in [0, 0.1) is 20.8 Å². The number of hydrogen-bond acceptors (Lipinski definition) is 3. The Morgan fingerprint density at radius 1 is 1.24 bits per heavy atom. The number of halogens is 1. The van der Waals surface area contributed by atoms with Crippen LogP contribution in [-0.2, 0) is 16.0 Å². The summed E-state index contributed by atoms with van der Waals surface area (Å²) in [6, 6.07) is 5.39. The normalized spacial score (nSPS) is 10.6. The van der Waals surface area contributed by atoms with Crippen LogP contribution in [0.15, 0.2) is 18.2 Å². The molecule has 2 aromatic rings. The summed E-state index contributed by atoms with van der Waals surface area (Å²) in [4.78, 5) is 27.3. The number of esters is 1. The van der Waals surface area contributed by atoms with Gasteiger partial charge in [-0.15, -0.1) is 0 Å². The number of aromatic amines is 1. The Balaban J connectivity index is 2.05. The summed E-state index contributed by atoms with van der Waals surface area (Å²) in [5, 5.41) is 3.47. The molecule has 0 bridgehead atoms. The molecule has 0 aliphatic rings. The number of ether oxygens (including phenoxy) is 1. The number of aromatic nitrogens is 1. The predicted molar refractivity (Wildman–Crippen MR) is 99.4 cm³/mol. The lowest BCUT2D eigenvalue weighted by Gasteiger charge is -2.09. The first-order chi connectivity index (χ1) is 11.8. The van der Waals surface area contributed by atoms with Gasteiger partial charge in [-0.2, -0.15) is 0 Å². The van der Waals surface area contributed by atoms with Crippen molar-refractivity contribution in [2.45, 2.75) is 40.5 Å². The molecule has 0 atom stereocenters. The molecule has 1 amide bonds. The van der Waals surface area contributed by atoms with Gasteiger partial charge in [-0.25, -0.2) is 4.79 Å². The lowest BCUT2D eigenvalue weighted by Crippen LogP contribution is -2.13. The van der Waals surface area contributed by atoms with E-state index in [0.29, 0.717) is 35.9 Å². The van der Waals surface area contributed by atoms with Gasteiger partial charge in [-0.3, -0.25) is 4.79 Å². The van der Waals surface area contributed by atoms with Crippen molar-refractivity contribution in [1.82, 2.24) is 4.98 Å². The quantitative estimate of drug-likeness (QED) is 0.751. The average Bonchev–Trinajstić information content (AvgIpc) is 2.84. The molecule has 0 fully saturated rings. The first-order valence-electron chi connectivity index (χ1n) is 8.24. The van der Waals surface area contributed by atoms with Crippen LogP contribution in [0.1, 0.15) is 46.2 Å². The fraction of sp³-hybridized carbons (Fsp3) is 0.368. The van der Waals surface area contributed by atoms with Gasteiger partial charge < -0.3 is 15.0 Å². The lowest BCUT2D eigenvalue weighted by molar-refractivity contribution is -0.116. The molecule has 0 radical (unpaired) electrons. The van der Waals surface area contributed by atoms with Gasteiger partial charge >= 0.3 is 5.97 Å². The molecule has 0 aliphatic heterocycles. The Bertz CT molecular complexity index is 796. The summed E-state index contributed by atoms with van der Waals surface area (Å²) in [5.41, 5.74) is 4.82. The molecule has 1 aromatic carbocycles. The highest BCUT2D eigenvalue weighted by molar-refractivity contribution is 6.31. The van der Waals surface area contributed by atoms with Crippen LogP contribution < -0.4 is 5.32 Å². The molecule has 0 aliphatic carbocycles. The van der Waals surface area contributed by atoms with Gasteiger partial charge in [0.2, 0.25) is 5.91 Å². The summed E-state index contributed by atoms with van der Waals surface area (Å²) in [5.74, 6) is -0.462. The average molecular weight is 363 g/mol. The second-order valence-corrected chi connectivity index (χ2v) is 6.39. The topological polar surface area (TPSA) is 71.2 Å². The molecule has 1 aromatic heterocycles. The highest BCUT2D eigenvalue weighted by Crippen LogP contribution is 2.22. The number of hydrogen-bond donors (Lipinski definition) is 2. The monoisotopic (exact) mass is 362 g/mol. The van der Waals surface area contributed by atoms with E-state index in [0.717, 1.165) is 22.4 Å². The fourth-order valence-corrected chi connectivity index (χ4v) is 2.92. The van der Waals surface area contributed by atoms with Crippen LogP contribution in [0.2, 0.25) is 5.02 Å². The lowest BCUT2D eigenvalue weighted by atomic mass is 10.0. The van der Waals surface area contributed by atoms with E-state index in [-0.39, 0.29) is 11.9 Å². The maximum atomic E-state index is 12.3. The smallest absolute Gasteiger partial charge is 0.355 e. The minimum absolute atomic E-state index is 0.0944. The summed E-state index contributed by atoms with van der Waals surface area (Å²) in [6.07, 6.45) is 0.854. The third-order valence-corrected chi connectivity index (χ3v) is 4.38. The number of carbonyl (C=O) groups is 2. The second kappa shape index (κ2) is 8.21. The van der Waals surface area contributed by atoms with E-state index < -0.39 is 0 Å². The van der Waals surface area contributed by atoms with Crippen LogP contribution in [0.3, 0.4) is 0 Å². The zero-order valence-electron chi connectivity index (χ0n) is 15.0. The number of benzene rings is 1. The molecule has 2 rings (SSSR count). The largest absolute Gasteiger partial charge is 0.461 e. The Hall–Kier alpha value is -2.27. The van der Waals surface area contributed by atoms with E-state index in [1.807, 2.05) is 26.8 Å². The van der Waals surface area contributed by atoms with Crippen molar-refractivity contribution < 1.29 is 14.3 Å². The maximum Gasteiger partial charge on any atom is 0.355 e. The highest BCUT2D eigenvalue weighted by atomic mass is 35.5. The van der Waals surface area contributed by atoms with Crippen molar-refractivity contribution in [3.05, 3.63) is 51.3 Å². The molecule has 2 N–H and O–H groups in total. The summed E-state index contributed by atoms with van der Waals surface area (Å²) in [6.45, 7) is 7.77. The van der Waals surface area contributed by atoms with E-state index in [1.54, 1.807) is 19.1 Å². The number of nitrogens with one attached hydrogen (secondary N) is 2. The number of anilines is 1. The molecule has 134 valence electrons. The molecule has 5 nitrogen and oxygen atoms in total. The zero-order chi connectivity index (χ0) is 18.6. The van der Waals surface area contributed by atoms with Gasteiger partial charge in [0.15, 0.2) is 0 Å². The molecule has 0 saturated carbocycles. The Morgan fingerprint density at radius 3 is 2.64 bits per heavy atom. The van der Waals surface area contributed by atoms with Crippen molar-refractivity contribution in [3.63, 3.8) is 0 Å². The second-order valence-electron chi connectivity index (χ2n) is 5.96. The molecule has 0 unspecified atom stereocenters. The molecular formula is C19H23ClN2O3. The number of rotatable bonds is 6. The van der Waals surface area contributed by atoms with Crippen molar-refractivity contribution in [2.24, 2.45) is 0 Å². The Kier molecular flexibility index (Phi) is 6.26. The molecule has 0 spiro atoms. The van der Waals surface area contributed by atoms with Gasteiger partial charge in [-0.1, -0.05) is 17.7 Å². The minimum atomic E-state index is -0.367. The van der Waals surface area contributed by atoms with Crippen molar-refractivity contribution in [1.29, 1.82) is 0 Å². The van der Waals surface area contributed by atoms with E-state index in [2.05, 4.69) is 10.3 Å². The predicted octanol–water partition coefficient (Wildman–Crippen LogP) is 4.34. The van der Waals surface area contributed by atoms with Crippen molar-refractivity contribution in [2.75, 3.05) is 11.9 Å². The van der Waals surface area contributed by atoms with Crippen LogP contribution in [-0.4, -0.2) is 23.5 Å². The van der Waals surface area contributed by atoms with Crippen LogP contribution in [0.25, 0.3) is 0 Å². The number of carbonyl (C=O) groups excluding carboxylic acids is 2. The van der Waals surface area contributed by atoms with E-state index in [4.69, 9.17) is 16.3 Å². The highest BCUT2D eigenvalue weighted by Gasteiger charge is 2.18. The summed E-state index contributed by atoms with van der Waals surface area (Å²) in [7, 11) is 0. The van der Waals surface area contributed by atoms with E-state index in [1.165, 1.54) is 0 Å². The number of H-pyrrole nitrogens is 1. The van der Waals surface area contributed by atoms with E-state index >= 15 is 0 Å². The standard InChI is InChI=1S/C19H23ClN2O3/c1-5-25-19(24)18-12(3)15(13(4)21-18)8-9-17(23)22-16-10-14(20)7-6-11(16)2/h6-7,10,21H,5,8-9H2,1-4H3,(H,22,23). The van der Waals surface area contributed by atoms with Gasteiger partial charge in [0.25, 0.3) is 0 Å².